The molecule has 0 amide bonds. The Hall–Kier alpha value is -0.540. The number of fused-ring (bicyclic) bond motifs is 1. The van der Waals surface area contributed by atoms with Gasteiger partial charge in [-0.2, -0.15) is 0 Å². The van der Waals surface area contributed by atoms with Gasteiger partial charge in [0.25, 0.3) is 0 Å². The van der Waals surface area contributed by atoms with Gasteiger partial charge in [-0.05, 0) is 36.9 Å². The van der Waals surface area contributed by atoms with E-state index in [1.54, 1.807) is 0 Å². The molecule has 2 nitrogen and oxygen atoms in total. The van der Waals surface area contributed by atoms with Gasteiger partial charge in [-0.3, -0.25) is 0 Å². The smallest absolute Gasteiger partial charge is 0.122 e. The first kappa shape index (κ1) is 12.5. The summed E-state index contributed by atoms with van der Waals surface area (Å²) in [6, 6.07) is 8.54. The fourth-order valence-electron chi connectivity index (χ4n) is 3.12. The topological polar surface area (TPSA) is 12.5 Å². The predicted molar refractivity (Wildman–Crippen MR) is 77.6 cm³/mol. The molecular formula is C15H20BrNO. The standard InChI is InChI=1S/C15H20BrNO/c16-9-12-5-7-17(10-12)11-13-6-8-18-15-4-2-1-3-14(13)15/h1-4,12-13H,5-11H2. The predicted octanol–water partition coefficient (Wildman–Crippen LogP) is 3.27. The van der Waals surface area contributed by atoms with Crippen LogP contribution in [-0.2, 0) is 0 Å². The molecule has 2 aliphatic heterocycles. The molecule has 1 aromatic carbocycles. The molecule has 0 radical (unpaired) electrons. The Morgan fingerprint density at radius 1 is 1.28 bits per heavy atom. The number of hydrogen-bond acceptors (Lipinski definition) is 2. The third-order valence-electron chi connectivity index (χ3n) is 4.15. The van der Waals surface area contributed by atoms with E-state index in [4.69, 9.17) is 4.74 Å². The molecule has 0 bridgehead atoms. The molecule has 2 unspecified atom stereocenters. The minimum atomic E-state index is 0.657. The maximum atomic E-state index is 5.73. The Kier molecular flexibility index (Phi) is 3.90. The summed E-state index contributed by atoms with van der Waals surface area (Å²) in [7, 11) is 0. The summed E-state index contributed by atoms with van der Waals surface area (Å²) >= 11 is 3.61. The van der Waals surface area contributed by atoms with E-state index in [2.05, 4.69) is 45.1 Å². The first-order valence-corrected chi connectivity index (χ1v) is 7.99. The van der Waals surface area contributed by atoms with E-state index in [1.165, 1.54) is 31.6 Å². The number of halogens is 1. The van der Waals surface area contributed by atoms with Crippen molar-refractivity contribution in [2.24, 2.45) is 5.92 Å². The van der Waals surface area contributed by atoms with E-state index in [0.29, 0.717) is 5.92 Å². The van der Waals surface area contributed by atoms with E-state index in [1.807, 2.05) is 0 Å². The zero-order chi connectivity index (χ0) is 12.4. The van der Waals surface area contributed by atoms with Crippen LogP contribution in [0.3, 0.4) is 0 Å². The van der Waals surface area contributed by atoms with Crippen molar-refractivity contribution in [1.82, 2.24) is 4.90 Å². The second-order valence-corrected chi connectivity index (χ2v) is 6.09. The van der Waals surface area contributed by atoms with Crippen molar-refractivity contribution in [3.05, 3.63) is 29.8 Å². The molecular weight excluding hydrogens is 290 g/mol. The van der Waals surface area contributed by atoms with Crippen LogP contribution < -0.4 is 4.74 Å². The molecule has 3 heteroatoms. The lowest BCUT2D eigenvalue weighted by Gasteiger charge is -2.29. The van der Waals surface area contributed by atoms with E-state index in [0.717, 1.165) is 30.0 Å². The number of para-hydroxylation sites is 1. The van der Waals surface area contributed by atoms with Crippen molar-refractivity contribution in [3.63, 3.8) is 0 Å². The van der Waals surface area contributed by atoms with Crippen LogP contribution in [0.4, 0.5) is 0 Å². The van der Waals surface area contributed by atoms with Crippen molar-refractivity contribution < 1.29 is 4.74 Å². The van der Waals surface area contributed by atoms with Gasteiger partial charge in [-0.25, -0.2) is 0 Å². The lowest BCUT2D eigenvalue weighted by Crippen LogP contribution is -2.29. The maximum absolute atomic E-state index is 5.73. The van der Waals surface area contributed by atoms with Crippen LogP contribution in [0.1, 0.15) is 24.3 Å². The van der Waals surface area contributed by atoms with Crippen LogP contribution in [0.25, 0.3) is 0 Å². The van der Waals surface area contributed by atoms with Crippen molar-refractivity contribution in [2.75, 3.05) is 31.6 Å². The van der Waals surface area contributed by atoms with E-state index in [9.17, 15) is 0 Å². The molecule has 0 N–H and O–H groups in total. The molecule has 0 saturated carbocycles. The lowest BCUT2D eigenvalue weighted by molar-refractivity contribution is 0.229. The van der Waals surface area contributed by atoms with Crippen LogP contribution in [0.2, 0.25) is 0 Å². The number of alkyl halides is 1. The highest BCUT2D eigenvalue weighted by atomic mass is 79.9. The molecule has 0 aromatic heterocycles. The van der Waals surface area contributed by atoms with Crippen molar-refractivity contribution >= 4 is 15.9 Å². The Morgan fingerprint density at radius 2 is 2.17 bits per heavy atom. The van der Waals surface area contributed by atoms with Crippen LogP contribution in [0, 0.1) is 5.92 Å². The number of likely N-dealkylation sites (tertiary alicyclic amines) is 1. The quantitative estimate of drug-likeness (QED) is 0.795. The highest BCUT2D eigenvalue weighted by Gasteiger charge is 2.27. The Morgan fingerprint density at radius 3 is 3.00 bits per heavy atom. The summed E-state index contributed by atoms with van der Waals surface area (Å²) in [5, 5.41) is 1.15. The molecule has 2 aliphatic rings. The number of ether oxygens (including phenoxy) is 1. The largest absolute Gasteiger partial charge is 0.493 e. The minimum Gasteiger partial charge on any atom is -0.493 e. The first-order valence-electron chi connectivity index (χ1n) is 6.87. The molecule has 1 saturated heterocycles. The number of hydrogen-bond donors (Lipinski definition) is 0. The molecule has 0 spiro atoms. The Labute approximate surface area is 117 Å². The van der Waals surface area contributed by atoms with Crippen LogP contribution in [0.15, 0.2) is 24.3 Å². The van der Waals surface area contributed by atoms with Crippen molar-refractivity contribution in [3.8, 4) is 5.75 Å². The number of rotatable bonds is 3. The fraction of sp³-hybridized carbons (Fsp3) is 0.600. The first-order chi connectivity index (χ1) is 8.86. The van der Waals surface area contributed by atoms with Gasteiger partial charge in [0.1, 0.15) is 5.75 Å². The summed E-state index contributed by atoms with van der Waals surface area (Å²) in [6.45, 7) is 4.59. The number of nitrogens with zero attached hydrogens (tertiary/aromatic N) is 1. The third-order valence-corrected chi connectivity index (χ3v) is 5.07. The van der Waals surface area contributed by atoms with Crippen molar-refractivity contribution in [1.29, 1.82) is 0 Å². The normalized spacial score (nSPS) is 27.8. The highest BCUT2D eigenvalue weighted by Crippen LogP contribution is 2.34. The van der Waals surface area contributed by atoms with E-state index < -0.39 is 0 Å². The number of benzene rings is 1. The van der Waals surface area contributed by atoms with Gasteiger partial charge in [0, 0.05) is 24.3 Å². The molecule has 2 atom stereocenters. The van der Waals surface area contributed by atoms with Gasteiger partial charge in [0.05, 0.1) is 6.61 Å². The summed E-state index contributed by atoms with van der Waals surface area (Å²) in [6.07, 6.45) is 2.50. The highest BCUT2D eigenvalue weighted by molar-refractivity contribution is 9.09. The van der Waals surface area contributed by atoms with Gasteiger partial charge in [-0.15, -0.1) is 0 Å². The van der Waals surface area contributed by atoms with Gasteiger partial charge < -0.3 is 9.64 Å². The average Bonchev–Trinajstić information content (AvgIpc) is 2.87. The summed E-state index contributed by atoms with van der Waals surface area (Å²) in [4.78, 5) is 2.62. The SMILES string of the molecule is BrCC1CCN(CC2CCOc3ccccc32)C1. The molecule has 1 fully saturated rings. The van der Waals surface area contributed by atoms with Crippen LogP contribution in [0.5, 0.6) is 5.75 Å². The molecule has 1 aromatic rings. The van der Waals surface area contributed by atoms with Crippen LogP contribution in [-0.4, -0.2) is 36.5 Å². The second kappa shape index (κ2) is 5.62. The summed E-state index contributed by atoms with van der Waals surface area (Å²) in [5.41, 5.74) is 1.41. The molecule has 98 valence electrons. The monoisotopic (exact) mass is 309 g/mol. The fourth-order valence-corrected chi connectivity index (χ4v) is 3.65. The Balaban J connectivity index is 1.67. The lowest BCUT2D eigenvalue weighted by atomic mass is 9.93. The Bertz CT molecular complexity index is 409. The second-order valence-electron chi connectivity index (χ2n) is 5.44. The third kappa shape index (κ3) is 2.57. The van der Waals surface area contributed by atoms with E-state index >= 15 is 0 Å². The summed E-state index contributed by atoms with van der Waals surface area (Å²) in [5.74, 6) is 2.61. The summed E-state index contributed by atoms with van der Waals surface area (Å²) < 4.78 is 5.73. The maximum Gasteiger partial charge on any atom is 0.122 e. The minimum absolute atomic E-state index is 0.657. The molecule has 3 rings (SSSR count). The van der Waals surface area contributed by atoms with Gasteiger partial charge >= 0.3 is 0 Å². The van der Waals surface area contributed by atoms with Crippen molar-refractivity contribution in [2.45, 2.75) is 18.8 Å². The molecule has 0 aliphatic carbocycles. The van der Waals surface area contributed by atoms with Gasteiger partial charge in [0.15, 0.2) is 0 Å². The van der Waals surface area contributed by atoms with Crippen LogP contribution >= 0.6 is 15.9 Å². The average molecular weight is 310 g/mol. The molecule has 18 heavy (non-hydrogen) atoms. The zero-order valence-electron chi connectivity index (χ0n) is 10.6. The van der Waals surface area contributed by atoms with Gasteiger partial charge in [0.2, 0.25) is 0 Å². The van der Waals surface area contributed by atoms with Gasteiger partial charge in [-0.1, -0.05) is 34.1 Å². The van der Waals surface area contributed by atoms with E-state index in [-0.39, 0.29) is 0 Å². The molecule has 2 heterocycles. The zero-order valence-corrected chi connectivity index (χ0v) is 12.2.